The molecule has 0 N–H and O–H groups in total. The van der Waals surface area contributed by atoms with Crippen molar-refractivity contribution in [3.8, 4) is 5.75 Å². The summed E-state index contributed by atoms with van der Waals surface area (Å²) in [6.45, 7) is 1.33. The van der Waals surface area contributed by atoms with Crippen LogP contribution in [0.15, 0.2) is 42.6 Å². The standard InChI is InChI=1S/C24H21Cl2F3N2O3/c25-20-3-2-18(23(33)30-9-5-15(6-10-30)8-12-32)22(26)19(20)14-31-11-7-16-13-17(1-4-21(16)31)34-24(27,28)29/h1-4,7,11-13,15H,5-6,8-10,14H2. The lowest BCUT2D eigenvalue weighted by Gasteiger charge is -2.31. The monoisotopic (exact) mass is 512 g/mol. The minimum Gasteiger partial charge on any atom is -0.406 e. The molecular weight excluding hydrogens is 492 g/mol. The highest BCUT2D eigenvalue weighted by Gasteiger charge is 2.31. The van der Waals surface area contributed by atoms with E-state index in [2.05, 4.69) is 4.74 Å². The van der Waals surface area contributed by atoms with Crippen LogP contribution in [0, 0.1) is 5.92 Å². The van der Waals surface area contributed by atoms with Gasteiger partial charge in [0.2, 0.25) is 0 Å². The third-order valence-electron chi connectivity index (χ3n) is 6.05. The predicted octanol–water partition coefficient (Wildman–Crippen LogP) is 6.34. The highest BCUT2D eigenvalue weighted by atomic mass is 35.5. The van der Waals surface area contributed by atoms with Crippen LogP contribution in [0.2, 0.25) is 10.0 Å². The van der Waals surface area contributed by atoms with Crippen molar-refractivity contribution in [2.24, 2.45) is 5.92 Å². The molecule has 0 saturated carbocycles. The van der Waals surface area contributed by atoms with Crippen molar-refractivity contribution >= 4 is 46.3 Å². The van der Waals surface area contributed by atoms with E-state index in [1.165, 1.54) is 18.2 Å². The Kier molecular flexibility index (Phi) is 7.09. The molecule has 34 heavy (non-hydrogen) atoms. The molecule has 4 rings (SSSR count). The van der Waals surface area contributed by atoms with Gasteiger partial charge in [0.25, 0.3) is 5.91 Å². The molecule has 2 heterocycles. The summed E-state index contributed by atoms with van der Waals surface area (Å²) in [7, 11) is 0. The number of nitrogens with zero attached hydrogens (tertiary/aromatic N) is 2. The lowest BCUT2D eigenvalue weighted by molar-refractivity contribution is -0.274. The SMILES string of the molecule is O=CCC1CCN(C(=O)c2ccc(Cl)c(Cn3ccc4cc(OC(F)(F)F)ccc43)c2Cl)CC1. The second-order valence-electron chi connectivity index (χ2n) is 8.24. The van der Waals surface area contributed by atoms with Gasteiger partial charge in [0.05, 0.1) is 17.1 Å². The average Bonchev–Trinajstić information content (AvgIpc) is 3.18. The summed E-state index contributed by atoms with van der Waals surface area (Å²) in [4.78, 5) is 25.6. The molecule has 1 aliphatic heterocycles. The zero-order valence-corrected chi connectivity index (χ0v) is 19.5. The number of rotatable bonds is 6. The summed E-state index contributed by atoms with van der Waals surface area (Å²) in [5.41, 5.74) is 1.54. The lowest BCUT2D eigenvalue weighted by Crippen LogP contribution is -2.38. The Morgan fingerprint density at radius 2 is 1.85 bits per heavy atom. The van der Waals surface area contributed by atoms with E-state index < -0.39 is 6.36 Å². The van der Waals surface area contributed by atoms with Gasteiger partial charge in [-0.3, -0.25) is 4.79 Å². The number of hydrogen-bond donors (Lipinski definition) is 0. The van der Waals surface area contributed by atoms with Gasteiger partial charge in [-0.25, -0.2) is 0 Å². The number of aldehydes is 1. The molecule has 0 spiro atoms. The van der Waals surface area contributed by atoms with Gasteiger partial charge >= 0.3 is 6.36 Å². The van der Waals surface area contributed by atoms with Crippen LogP contribution in [0.1, 0.15) is 35.2 Å². The van der Waals surface area contributed by atoms with Gasteiger partial charge in [-0.2, -0.15) is 0 Å². The number of aromatic nitrogens is 1. The van der Waals surface area contributed by atoms with Crippen molar-refractivity contribution in [3.63, 3.8) is 0 Å². The molecule has 0 unspecified atom stereocenters. The first-order chi connectivity index (χ1) is 16.2. The van der Waals surface area contributed by atoms with Crippen LogP contribution < -0.4 is 4.74 Å². The number of likely N-dealkylation sites (tertiary alicyclic amines) is 1. The molecule has 2 aromatic carbocycles. The third kappa shape index (κ3) is 5.33. The Hall–Kier alpha value is -2.71. The van der Waals surface area contributed by atoms with Gasteiger partial charge < -0.3 is 19.0 Å². The van der Waals surface area contributed by atoms with Crippen molar-refractivity contribution in [2.45, 2.75) is 32.2 Å². The van der Waals surface area contributed by atoms with Gasteiger partial charge in [0.15, 0.2) is 0 Å². The fourth-order valence-corrected chi connectivity index (χ4v) is 4.84. The molecule has 10 heteroatoms. The molecule has 0 aliphatic carbocycles. The van der Waals surface area contributed by atoms with E-state index in [-0.39, 0.29) is 23.2 Å². The maximum atomic E-state index is 13.1. The normalized spacial score (nSPS) is 15.0. The van der Waals surface area contributed by atoms with E-state index in [1.807, 2.05) is 0 Å². The van der Waals surface area contributed by atoms with Crippen molar-refractivity contribution in [2.75, 3.05) is 13.1 Å². The molecule has 0 radical (unpaired) electrons. The van der Waals surface area contributed by atoms with Crippen LogP contribution in [0.3, 0.4) is 0 Å². The first kappa shape index (κ1) is 24.4. The topological polar surface area (TPSA) is 51.5 Å². The second-order valence-corrected chi connectivity index (χ2v) is 9.02. The molecule has 180 valence electrons. The summed E-state index contributed by atoms with van der Waals surface area (Å²) in [6.07, 6.45) is -0.118. The molecule has 1 fully saturated rings. The third-order valence-corrected chi connectivity index (χ3v) is 6.84. The van der Waals surface area contributed by atoms with Crippen LogP contribution in [-0.2, 0) is 11.3 Å². The maximum absolute atomic E-state index is 13.1. The number of amides is 1. The van der Waals surface area contributed by atoms with E-state index in [1.54, 1.807) is 33.9 Å². The summed E-state index contributed by atoms with van der Waals surface area (Å²) in [6, 6.07) is 8.95. The lowest BCUT2D eigenvalue weighted by atomic mass is 9.94. The number of alkyl halides is 3. The van der Waals surface area contributed by atoms with Gasteiger partial charge in [-0.15, -0.1) is 13.2 Å². The Balaban J connectivity index is 1.56. The predicted molar refractivity (Wildman–Crippen MR) is 123 cm³/mol. The number of hydrogen-bond acceptors (Lipinski definition) is 3. The molecule has 5 nitrogen and oxygen atoms in total. The van der Waals surface area contributed by atoms with Gasteiger partial charge in [0, 0.05) is 47.2 Å². The number of ether oxygens (including phenoxy) is 1. The summed E-state index contributed by atoms with van der Waals surface area (Å²) >= 11 is 13.0. The van der Waals surface area contributed by atoms with Crippen LogP contribution in [-0.4, -0.2) is 41.1 Å². The van der Waals surface area contributed by atoms with Crippen LogP contribution in [0.4, 0.5) is 13.2 Å². The van der Waals surface area contributed by atoms with E-state index in [4.69, 9.17) is 23.2 Å². The molecule has 0 atom stereocenters. The quantitative estimate of drug-likeness (QED) is 0.362. The summed E-state index contributed by atoms with van der Waals surface area (Å²) in [5, 5.41) is 1.18. The molecule has 0 bridgehead atoms. The molecule has 1 aliphatic rings. The fraction of sp³-hybridized carbons (Fsp3) is 0.333. The number of carbonyl (C=O) groups is 2. The number of fused-ring (bicyclic) bond motifs is 1. The smallest absolute Gasteiger partial charge is 0.406 e. The van der Waals surface area contributed by atoms with Crippen molar-refractivity contribution in [1.82, 2.24) is 9.47 Å². The Labute approximate surface area is 204 Å². The minimum atomic E-state index is -4.77. The molecule has 1 amide bonds. The number of benzene rings is 2. The number of halogens is 5. The maximum Gasteiger partial charge on any atom is 0.573 e. The second kappa shape index (κ2) is 9.88. The van der Waals surface area contributed by atoms with Crippen LogP contribution in [0.25, 0.3) is 10.9 Å². The first-order valence-electron chi connectivity index (χ1n) is 10.7. The first-order valence-corrected chi connectivity index (χ1v) is 11.5. The van der Waals surface area contributed by atoms with Crippen molar-refractivity contribution in [3.05, 3.63) is 63.8 Å². The Bertz CT molecular complexity index is 1220. The number of carbonyl (C=O) groups excluding carboxylic acids is 2. The zero-order chi connectivity index (χ0) is 24.5. The molecule has 1 aromatic heterocycles. The van der Waals surface area contributed by atoms with E-state index >= 15 is 0 Å². The Morgan fingerprint density at radius 1 is 1.12 bits per heavy atom. The highest BCUT2D eigenvalue weighted by Crippen LogP contribution is 2.33. The van der Waals surface area contributed by atoms with Gasteiger partial charge in [-0.05, 0) is 55.2 Å². The fourth-order valence-electron chi connectivity index (χ4n) is 4.27. The van der Waals surface area contributed by atoms with Crippen molar-refractivity contribution in [1.29, 1.82) is 0 Å². The van der Waals surface area contributed by atoms with Crippen molar-refractivity contribution < 1.29 is 27.5 Å². The largest absolute Gasteiger partial charge is 0.573 e. The number of piperidine rings is 1. The van der Waals surface area contributed by atoms with Crippen LogP contribution in [0.5, 0.6) is 5.75 Å². The van der Waals surface area contributed by atoms with E-state index in [0.717, 1.165) is 19.1 Å². The average molecular weight is 513 g/mol. The van der Waals surface area contributed by atoms with Crippen LogP contribution >= 0.6 is 23.2 Å². The molecule has 1 saturated heterocycles. The van der Waals surface area contributed by atoms with E-state index in [0.29, 0.717) is 52.5 Å². The molecule has 3 aromatic rings. The highest BCUT2D eigenvalue weighted by molar-refractivity contribution is 6.38. The summed E-state index contributed by atoms with van der Waals surface area (Å²) in [5.74, 6) is -0.209. The van der Waals surface area contributed by atoms with Gasteiger partial charge in [0.1, 0.15) is 12.0 Å². The van der Waals surface area contributed by atoms with Gasteiger partial charge in [-0.1, -0.05) is 23.2 Å². The Morgan fingerprint density at radius 3 is 2.53 bits per heavy atom. The summed E-state index contributed by atoms with van der Waals surface area (Å²) < 4.78 is 43.3. The minimum absolute atomic E-state index is 0.196. The molecular formula is C24H21Cl2F3N2O3. The van der Waals surface area contributed by atoms with E-state index in [9.17, 15) is 22.8 Å². The zero-order valence-electron chi connectivity index (χ0n) is 17.9.